The molecule has 2 N–H and O–H groups in total. The molecule has 2 rings (SSSR count). The van der Waals surface area contributed by atoms with Crippen LogP contribution in [-0.4, -0.2) is 10.5 Å². The number of hydrogen-bond acceptors (Lipinski definition) is 1. The monoisotopic (exact) mass is 254 g/mol. The van der Waals surface area contributed by atoms with Gasteiger partial charge in [-0.25, -0.2) is 0 Å². The van der Waals surface area contributed by atoms with Gasteiger partial charge in [-0.3, -0.25) is 4.79 Å². The van der Waals surface area contributed by atoms with Gasteiger partial charge in [0.1, 0.15) is 0 Å². The molecule has 0 aliphatic rings. The Balaban J connectivity index is 2.46. The largest absolute Gasteiger partial charge is 0.366 e. The van der Waals surface area contributed by atoms with Crippen LogP contribution in [0.5, 0.6) is 0 Å². The highest BCUT2D eigenvalue weighted by atomic mass is 35.5. The summed E-state index contributed by atoms with van der Waals surface area (Å²) < 4.78 is 1.72. The molecular formula is C11H8Cl2N2O. The molecule has 16 heavy (non-hydrogen) atoms. The molecule has 0 atom stereocenters. The lowest BCUT2D eigenvalue weighted by atomic mass is 10.3. The van der Waals surface area contributed by atoms with Crippen molar-refractivity contribution in [3.63, 3.8) is 0 Å². The maximum absolute atomic E-state index is 10.9. The van der Waals surface area contributed by atoms with Crippen LogP contribution in [-0.2, 0) is 0 Å². The molecule has 0 aliphatic heterocycles. The highest BCUT2D eigenvalue weighted by Gasteiger charge is 2.06. The quantitative estimate of drug-likeness (QED) is 0.881. The van der Waals surface area contributed by atoms with E-state index in [1.54, 1.807) is 41.2 Å². The zero-order chi connectivity index (χ0) is 11.7. The summed E-state index contributed by atoms with van der Waals surface area (Å²) in [6.45, 7) is 0. The van der Waals surface area contributed by atoms with E-state index in [1.165, 1.54) is 0 Å². The van der Waals surface area contributed by atoms with Gasteiger partial charge < -0.3 is 10.3 Å². The van der Waals surface area contributed by atoms with E-state index in [0.717, 1.165) is 5.69 Å². The summed E-state index contributed by atoms with van der Waals surface area (Å²) in [5, 5.41) is 1.08. The van der Waals surface area contributed by atoms with Gasteiger partial charge in [-0.1, -0.05) is 23.2 Å². The predicted octanol–water partition coefficient (Wildman–Crippen LogP) is 2.88. The molecule has 0 saturated carbocycles. The Kier molecular flexibility index (Phi) is 2.90. The first kappa shape index (κ1) is 11.0. The minimum atomic E-state index is -0.469. The van der Waals surface area contributed by atoms with E-state index < -0.39 is 5.91 Å². The van der Waals surface area contributed by atoms with Gasteiger partial charge in [-0.05, 0) is 24.3 Å². The molecule has 1 aromatic carbocycles. The third-order valence-electron chi connectivity index (χ3n) is 2.17. The summed E-state index contributed by atoms with van der Waals surface area (Å²) in [7, 11) is 0. The molecule has 0 spiro atoms. The summed E-state index contributed by atoms with van der Waals surface area (Å²) >= 11 is 11.8. The number of amides is 1. The lowest BCUT2D eigenvalue weighted by Gasteiger charge is -2.05. The summed E-state index contributed by atoms with van der Waals surface area (Å²) in [6.07, 6.45) is 3.34. The van der Waals surface area contributed by atoms with Gasteiger partial charge in [0.2, 0.25) is 5.91 Å². The molecule has 1 aromatic heterocycles. The van der Waals surface area contributed by atoms with Crippen LogP contribution in [0.25, 0.3) is 5.69 Å². The molecular weight excluding hydrogens is 247 g/mol. The van der Waals surface area contributed by atoms with Crippen molar-refractivity contribution < 1.29 is 4.79 Å². The van der Waals surface area contributed by atoms with E-state index >= 15 is 0 Å². The normalized spacial score (nSPS) is 10.4. The van der Waals surface area contributed by atoms with Crippen molar-refractivity contribution >= 4 is 29.1 Å². The van der Waals surface area contributed by atoms with Crippen molar-refractivity contribution in [2.24, 2.45) is 5.73 Å². The molecule has 82 valence electrons. The van der Waals surface area contributed by atoms with Crippen molar-refractivity contribution in [1.29, 1.82) is 0 Å². The minimum Gasteiger partial charge on any atom is -0.366 e. The fourth-order valence-electron chi connectivity index (χ4n) is 1.38. The van der Waals surface area contributed by atoms with Crippen molar-refractivity contribution in [3.8, 4) is 5.69 Å². The number of carbonyl (C=O) groups is 1. The van der Waals surface area contributed by atoms with Crippen LogP contribution in [0.2, 0.25) is 10.0 Å². The maximum Gasteiger partial charge on any atom is 0.250 e. The number of nitrogens with two attached hydrogens (primary N) is 1. The van der Waals surface area contributed by atoms with Gasteiger partial charge in [0.15, 0.2) is 0 Å². The second-order valence-electron chi connectivity index (χ2n) is 3.27. The first-order valence-electron chi connectivity index (χ1n) is 4.51. The number of hydrogen-bond donors (Lipinski definition) is 1. The number of primary amides is 1. The van der Waals surface area contributed by atoms with E-state index in [2.05, 4.69) is 0 Å². The number of carbonyl (C=O) groups excluding carboxylic acids is 1. The Labute approximate surface area is 102 Å². The van der Waals surface area contributed by atoms with E-state index in [4.69, 9.17) is 28.9 Å². The lowest BCUT2D eigenvalue weighted by molar-refractivity contribution is 0.100. The second kappa shape index (κ2) is 4.20. The average molecular weight is 255 g/mol. The third kappa shape index (κ3) is 2.05. The molecule has 3 nitrogen and oxygen atoms in total. The fourth-order valence-corrected chi connectivity index (χ4v) is 1.89. The predicted molar refractivity (Wildman–Crippen MR) is 64.3 cm³/mol. The van der Waals surface area contributed by atoms with Crippen molar-refractivity contribution in [2.75, 3.05) is 0 Å². The van der Waals surface area contributed by atoms with Crippen LogP contribution in [0.4, 0.5) is 0 Å². The van der Waals surface area contributed by atoms with Gasteiger partial charge in [-0.15, -0.1) is 0 Å². The first-order valence-corrected chi connectivity index (χ1v) is 5.27. The SMILES string of the molecule is NC(=O)c1ccn(-c2ccc(Cl)cc2Cl)c1. The van der Waals surface area contributed by atoms with Crippen molar-refractivity contribution in [1.82, 2.24) is 4.57 Å². The van der Waals surface area contributed by atoms with E-state index in [1.807, 2.05) is 0 Å². The third-order valence-corrected chi connectivity index (χ3v) is 2.70. The molecule has 0 fully saturated rings. The smallest absolute Gasteiger partial charge is 0.250 e. The molecule has 0 radical (unpaired) electrons. The Hall–Kier alpha value is -1.45. The van der Waals surface area contributed by atoms with Crippen LogP contribution in [0.1, 0.15) is 10.4 Å². The Morgan fingerprint density at radius 2 is 2.00 bits per heavy atom. The standard InChI is InChI=1S/C11H8Cl2N2O/c12-8-1-2-10(9(13)5-8)15-4-3-7(6-15)11(14)16/h1-6H,(H2,14,16). The molecule has 2 aromatic rings. The van der Waals surface area contributed by atoms with Crippen LogP contribution in [0.15, 0.2) is 36.7 Å². The Morgan fingerprint density at radius 3 is 2.56 bits per heavy atom. The van der Waals surface area contributed by atoms with E-state index in [0.29, 0.717) is 15.6 Å². The van der Waals surface area contributed by atoms with Crippen molar-refractivity contribution in [2.45, 2.75) is 0 Å². The highest BCUT2D eigenvalue weighted by Crippen LogP contribution is 2.24. The number of nitrogens with zero attached hydrogens (tertiary/aromatic N) is 1. The van der Waals surface area contributed by atoms with Crippen LogP contribution in [0.3, 0.4) is 0 Å². The molecule has 1 amide bonds. The molecule has 0 saturated heterocycles. The first-order chi connectivity index (χ1) is 7.58. The topological polar surface area (TPSA) is 48.0 Å². The molecule has 5 heteroatoms. The summed E-state index contributed by atoms with van der Waals surface area (Å²) in [4.78, 5) is 10.9. The van der Waals surface area contributed by atoms with Gasteiger partial charge in [-0.2, -0.15) is 0 Å². The highest BCUT2D eigenvalue weighted by molar-refractivity contribution is 6.35. The van der Waals surface area contributed by atoms with Crippen LogP contribution >= 0.6 is 23.2 Å². The van der Waals surface area contributed by atoms with Gasteiger partial charge in [0.05, 0.1) is 16.3 Å². The Morgan fingerprint density at radius 1 is 1.25 bits per heavy atom. The molecule has 0 bridgehead atoms. The average Bonchev–Trinajstić information content (AvgIpc) is 2.66. The number of aromatic nitrogens is 1. The maximum atomic E-state index is 10.9. The molecule has 0 aliphatic carbocycles. The van der Waals surface area contributed by atoms with Gasteiger partial charge in [0.25, 0.3) is 0 Å². The molecule has 1 heterocycles. The summed E-state index contributed by atoms with van der Waals surface area (Å²) in [5.74, 6) is -0.469. The molecule has 0 unspecified atom stereocenters. The summed E-state index contributed by atoms with van der Waals surface area (Å²) in [6, 6.07) is 6.78. The minimum absolute atomic E-state index is 0.436. The number of rotatable bonds is 2. The van der Waals surface area contributed by atoms with Crippen LogP contribution < -0.4 is 5.73 Å². The Bertz CT molecular complexity index is 549. The lowest BCUT2D eigenvalue weighted by Crippen LogP contribution is -2.09. The second-order valence-corrected chi connectivity index (χ2v) is 4.11. The number of halogens is 2. The van der Waals surface area contributed by atoms with Crippen molar-refractivity contribution in [3.05, 3.63) is 52.3 Å². The fraction of sp³-hybridized carbons (Fsp3) is 0. The number of benzene rings is 1. The van der Waals surface area contributed by atoms with E-state index in [9.17, 15) is 4.79 Å². The van der Waals surface area contributed by atoms with Crippen LogP contribution in [0, 0.1) is 0 Å². The van der Waals surface area contributed by atoms with Gasteiger partial charge in [0, 0.05) is 17.4 Å². The zero-order valence-corrected chi connectivity index (χ0v) is 9.66. The zero-order valence-electron chi connectivity index (χ0n) is 8.15. The van der Waals surface area contributed by atoms with Gasteiger partial charge >= 0.3 is 0 Å². The summed E-state index contributed by atoms with van der Waals surface area (Å²) in [5.41, 5.74) is 6.35. The van der Waals surface area contributed by atoms with E-state index in [-0.39, 0.29) is 0 Å².